The van der Waals surface area contributed by atoms with Gasteiger partial charge in [0.15, 0.2) is 5.78 Å². The first-order valence-corrected chi connectivity index (χ1v) is 15.8. The van der Waals surface area contributed by atoms with Gasteiger partial charge in [-0.15, -0.1) is 0 Å². The highest BCUT2D eigenvalue weighted by Crippen LogP contribution is 2.70. The molecule has 2 fully saturated rings. The third-order valence-electron chi connectivity index (χ3n) is 10.8. The molecule has 2 amide bonds. The number of allylic oxidation sites excluding steroid dienone is 4. The number of para-hydroxylation sites is 1. The summed E-state index contributed by atoms with van der Waals surface area (Å²) in [6, 6.07) is 16.1. The Morgan fingerprint density at radius 3 is 2.41 bits per heavy atom. The van der Waals surface area contributed by atoms with E-state index in [0.717, 1.165) is 27.8 Å². The molecule has 6 rings (SSSR count). The summed E-state index contributed by atoms with van der Waals surface area (Å²) in [6.07, 6.45) is 0.713. The van der Waals surface area contributed by atoms with Gasteiger partial charge in [-0.25, -0.2) is 4.79 Å². The zero-order chi connectivity index (χ0) is 32.9. The molecule has 0 radical (unpaired) electrons. The predicted octanol–water partition coefficient (Wildman–Crippen LogP) is 8.35. The van der Waals surface area contributed by atoms with E-state index in [9.17, 15) is 27.9 Å². The standard InChI is InChI=1S/C36H37F5N2O3/c1-33-21-29(23-11-9-22(10-12-23)6-5-19-42-32(45)43-25-7-3-2-4-8-25)31-27-16-14-26(44)20-24(27)13-15-28(31)30(33)17-18-34(33,46)35(37,38)36(39,40)41/h2-12,20,28-30,46H,13-19,21H2,1H3,(H2,42,43,45)/t28-,29+,30-,33-,34-/m0/s1. The molecule has 10 heteroatoms. The number of urea groups is 1. The summed E-state index contributed by atoms with van der Waals surface area (Å²) in [7, 11) is 0. The van der Waals surface area contributed by atoms with E-state index in [1.54, 1.807) is 24.3 Å². The number of carbonyl (C=O) groups excluding carboxylic acids is 2. The van der Waals surface area contributed by atoms with Gasteiger partial charge >= 0.3 is 18.1 Å². The van der Waals surface area contributed by atoms with Gasteiger partial charge in [-0.2, -0.15) is 22.0 Å². The molecular formula is C36H37F5N2O3. The van der Waals surface area contributed by atoms with Gasteiger partial charge in [-0.1, -0.05) is 67.1 Å². The smallest absolute Gasteiger partial charge is 0.383 e. The second kappa shape index (κ2) is 11.8. The zero-order valence-electron chi connectivity index (χ0n) is 25.5. The Morgan fingerprint density at radius 1 is 1.00 bits per heavy atom. The second-order valence-corrected chi connectivity index (χ2v) is 13.2. The highest BCUT2D eigenvalue weighted by Gasteiger charge is 2.79. The lowest BCUT2D eigenvalue weighted by Crippen LogP contribution is -2.65. The van der Waals surface area contributed by atoms with Gasteiger partial charge in [-0.3, -0.25) is 4.79 Å². The number of aliphatic hydroxyl groups is 1. The van der Waals surface area contributed by atoms with E-state index in [0.29, 0.717) is 31.4 Å². The van der Waals surface area contributed by atoms with Gasteiger partial charge < -0.3 is 15.7 Å². The maximum absolute atomic E-state index is 15.2. The molecule has 0 unspecified atom stereocenters. The first kappa shape index (κ1) is 32.2. The Labute approximate surface area is 264 Å². The summed E-state index contributed by atoms with van der Waals surface area (Å²) in [4.78, 5) is 24.4. The second-order valence-electron chi connectivity index (χ2n) is 13.2. The van der Waals surface area contributed by atoms with Crippen LogP contribution in [0.5, 0.6) is 0 Å². The number of rotatable bonds is 6. The molecule has 0 spiro atoms. The first-order valence-electron chi connectivity index (χ1n) is 15.8. The van der Waals surface area contributed by atoms with Crippen molar-refractivity contribution in [2.24, 2.45) is 17.3 Å². The zero-order valence-corrected chi connectivity index (χ0v) is 25.5. The number of ketones is 1. The molecule has 0 heterocycles. The van der Waals surface area contributed by atoms with Crippen LogP contribution in [0.25, 0.3) is 6.08 Å². The average Bonchev–Trinajstić information content (AvgIpc) is 3.30. The minimum atomic E-state index is -5.88. The lowest BCUT2D eigenvalue weighted by Gasteiger charge is -2.56. The van der Waals surface area contributed by atoms with E-state index >= 15 is 8.78 Å². The van der Waals surface area contributed by atoms with Crippen molar-refractivity contribution in [1.82, 2.24) is 5.32 Å². The van der Waals surface area contributed by atoms with Crippen molar-refractivity contribution >= 4 is 23.6 Å². The summed E-state index contributed by atoms with van der Waals surface area (Å²) >= 11 is 0. The highest BCUT2D eigenvalue weighted by atomic mass is 19.4. The van der Waals surface area contributed by atoms with E-state index in [1.807, 2.05) is 48.5 Å². The summed E-state index contributed by atoms with van der Waals surface area (Å²) in [6.45, 7) is 1.69. The first-order chi connectivity index (χ1) is 21.7. The number of benzene rings is 2. The van der Waals surface area contributed by atoms with Crippen molar-refractivity contribution in [3.8, 4) is 0 Å². The minimum absolute atomic E-state index is 0.0400. The minimum Gasteiger partial charge on any atom is -0.383 e. The lowest BCUT2D eigenvalue weighted by molar-refractivity contribution is -0.362. The van der Waals surface area contributed by atoms with Gasteiger partial charge in [0.25, 0.3) is 0 Å². The fraction of sp³-hybridized carbons (Fsp3) is 0.444. The van der Waals surface area contributed by atoms with Crippen LogP contribution in [-0.2, 0) is 4.79 Å². The molecule has 0 aliphatic heterocycles. The van der Waals surface area contributed by atoms with Crippen LogP contribution in [0, 0.1) is 17.3 Å². The van der Waals surface area contributed by atoms with Gasteiger partial charge in [0, 0.05) is 30.0 Å². The van der Waals surface area contributed by atoms with E-state index in [-0.39, 0.29) is 37.1 Å². The molecular weight excluding hydrogens is 603 g/mol. The van der Waals surface area contributed by atoms with Crippen LogP contribution in [0.15, 0.2) is 83.5 Å². The Bertz CT molecular complexity index is 1600. The summed E-state index contributed by atoms with van der Waals surface area (Å²) in [5.74, 6) is -6.53. The molecule has 2 aromatic rings. The van der Waals surface area contributed by atoms with Gasteiger partial charge in [0.1, 0.15) is 5.60 Å². The van der Waals surface area contributed by atoms with E-state index in [4.69, 9.17) is 0 Å². The molecule has 3 N–H and O–H groups in total. The van der Waals surface area contributed by atoms with E-state index < -0.39 is 41.4 Å². The quantitative estimate of drug-likeness (QED) is 0.278. The molecule has 4 aliphatic carbocycles. The number of nitrogens with one attached hydrogen (secondary N) is 2. The fourth-order valence-corrected chi connectivity index (χ4v) is 8.60. The highest BCUT2D eigenvalue weighted by molar-refractivity contribution is 5.93. The number of alkyl halides is 5. The third kappa shape index (κ3) is 5.38. The van der Waals surface area contributed by atoms with Crippen LogP contribution in [0.4, 0.5) is 32.4 Å². The van der Waals surface area contributed by atoms with E-state index in [1.165, 1.54) is 6.92 Å². The third-order valence-corrected chi connectivity index (χ3v) is 10.8. The van der Waals surface area contributed by atoms with Crippen LogP contribution < -0.4 is 10.6 Å². The Morgan fingerprint density at radius 2 is 1.72 bits per heavy atom. The van der Waals surface area contributed by atoms with Crippen molar-refractivity contribution in [1.29, 1.82) is 0 Å². The Hall–Kier alpha value is -3.79. The van der Waals surface area contributed by atoms with Crippen molar-refractivity contribution in [2.75, 3.05) is 11.9 Å². The molecule has 46 heavy (non-hydrogen) atoms. The molecule has 5 atom stereocenters. The Balaban J connectivity index is 1.28. The molecule has 0 aromatic heterocycles. The summed E-state index contributed by atoms with van der Waals surface area (Å²) in [5, 5.41) is 16.9. The molecule has 244 valence electrons. The van der Waals surface area contributed by atoms with Gasteiger partial charge in [-0.05, 0) is 90.8 Å². The summed E-state index contributed by atoms with van der Waals surface area (Å²) in [5.41, 5.74) is 0.325. The van der Waals surface area contributed by atoms with Crippen LogP contribution in [0.2, 0.25) is 0 Å². The van der Waals surface area contributed by atoms with Crippen LogP contribution in [-0.4, -0.2) is 41.2 Å². The number of hydrogen-bond acceptors (Lipinski definition) is 3. The SMILES string of the molecule is C[C@]12C[C@H](c3ccc(C=CCNC(=O)Nc4ccccc4)cc3)C3=C4CCC(=O)C=C4CC[C@H]3[C@@H]1CC[C@@]2(O)C(F)(F)C(F)(F)F. The molecule has 0 saturated heterocycles. The monoisotopic (exact) mass is 640 g/mol. The maximum Gasteiger partial charge on any atom is 0.456 e. The number of hydrogen-bond donors (Lipinski definition) is 3. The number of anilines is 1. The number of amides is 2. The number of carbonyl (C=O) groups is 2. The predicted molar refractivity (Wildman–Crippen MR) is 165 cm³/mol. The van der Waals surface area contributed by atoms with Crippen molar-refractivity contribution in [3.63, 3.8) is 0 Å². The Kier molecular flexibility index (Phi) is 8.24. The van der Waals surface area contributed by atoms with Crippen LogP contribution in [0.3, 0.4) is 0 Å². The maximum atomic E-state index is 15.2. The van der Waals surface area contributed by atoms with Crippen molar-refractivity contribution in [3.05, 3.63) is 94.6 Å². The molecule has 2 saturated carbocycles. The average molecular weight is 641 g/mol. The lowest BCUT2D eigenvalue weighted by atomic mass is 9.50. The topological polar surface area (TPSA) is 78.4 Å². The van der Waals surface area contributed by atoms with Gasteiger partial charge in [0.05, 0.1) is 0 Å². The molecule has 0 bridgehead atoms. The molecule has 2 aromatic carbocycles. The van der Waals surface area contributed by atoms with E-state index in [2.05, 4.69) is 10.6 Å². The fourth-order valence-electron chi connectivity index (χ4n) is 8.60. The van der Waals surface area contributed by atoms with Crippen LogP contribution in [0.1, 0.15) is 68.9 Å². The van der Waals surface area contributed by atoms with Crippen molar-refractivity contribution in [2.45, 2.75) is 75.5 Å². The molecule has 5 nitrogen and oxygen atoms in total. The normalized spacial score (nSPS) is 29.6. The van der Waals surface area contributed by atoms with Gasteiger partial charge in [0.2, 0.25) is 0 Å². The summed E-state index contributed by atoms with van der Waals surface area (Å²) < 4.78 is 71.8. The largest absolute Gasteiger partial charge is 0.456 e. The number of halogens is 5. The molecule has 4 aliphatic rings. The van der Waals surface area contributed by atoms with Crippen molar-refractivity contribution < 1.29 is 36.6 Å². The number of fused-ring (bicyclic) bond motifs is 4. The van der Waals surface area contributed by atoms with Crippen LogP contribution >= 0.6 is 0 Å².